The molecule has 1 aromatic rings. The summed E-state index contributed by atoms with van der Waals surface area (Å²) in [7, 11) is 0. The molecule has 2 heterocycles. The Labute approximate surface area is 120 Å². The predicted octanol–water partition coefficient (Wildman–Crippen LogP) is 2.56. The lowest BCUT2D eigenvalue weighted by Crippen LogP contribution is -2.32. The molecule has 0 atom stereocenters. The molecule has 1 saturated heterocycles. The quantitative estimate of drug-likeness (QED) is 0.898. The molecule has 2 rings (SSSR count). The summed E-state index contributed by atoms with van der Waals surface area (Å²) < 4.78 is 0. The van der Waals surface area contributed by atoms with Crippen LogP contribution in [0.4, 0.5) is 5.82 Å². The number of anilines is 1. The molecule has 0 saturated carbocycles. The summed E-state index contributed by atoms with van der Waals surface area (Å²) in [6.07, 6.45) is 6.53. The number of carbonyl (C=O) groups excluding carboxylic acids is 1. The molecule has 1 N–H and O–H groups in total. The summed E-state index contributed by atoms with van der Waals surface area (Å²) in [5.74, 6) is 0.663. The first-order valence-corrected chi connectivity index (χ1v) is 7.49. The van der Waals surface area contributed by atoms with Gasteiger partial charge in [0.25, 0.3) is 5.91 Å². The monoisotopic (exact) mass is 276 g/mol. The molecule has 1 fully saturated rings. The molecule has 20 heavy (non-hydrogen) atoms. The SMILES string of the molecule is CCNc1cncc(C(=O)N2CCC(CC)(CC)C2)n1. The highest BCUT2D eigenvalue weighted by atomic mass is 16.2. The lowest BCUT2D eigenvalue weighted by molar-refractivity contribution is 0.0763. The van der Waals surface area contributed by atoms with E-state index < -0.39 is 0 Å². The Morgan fingerprint density at radius 1 is 1.35 bits per heavy atom. The number of rotatable bonds is 5. The van der Waals surface area contributed by atoms with Crippen LogP contribution in [0.2, 0.25) is 0 Å². The second kappa shape index (κ2) is 6.20. The maximum Gasteiger partial charge on any atom is 0.274 e. The molecular formula is C15H24N4O. The van der Waals surface area contributed by atoms with Gasteiger partial charge in [-0.25, -0.2) is 4.98 Å². The summed E-state index contributed by atoms with van der Waals surface area (Å²) in [5.41, 5.74) is 0.731. The molecule has 0 spiro atoms. The highest BCUT2D eigenvalue weighted by Crippen LogP contribution is 2.37. The zero-order valence-electron chi connectivity index (χ0n) is 12.6. The van der Waals surface area contributed by atoms with E-state index >= 15 is 0 Å². The molecule has 1 aliphatic heterocycles. The van der Waals surface area contributed by atoms with Crippen LogP contribution in [-0.4, -0.2) is 40.4 Å². The molecule has 1 aliphatic rings. The highest BCUT2D eigenvalue weighted by Gasteiger charge is 2.37. The van der Waals surface area contributed by atoms with E-state index in [1.807, 2.05) is 11.8 Å². The average molecular weight is 276 g/mol. The molecule has 0 radical (unpaired) electrons. The van der Waals surface area contributed by atoms with Crippen molar-refractivity contribution >= 4 is 11.7 Å². The molecule has 1 aromatic heterocycles. The molecule has 5 nitrogen and oxygen atoms in total. The van der Waals surface area contributed by atoms with Crippen molar-refractivity contribution in [3.8, 4) is 0 Å². The van der Waals surface area contributed by atoms with E-state index in [-0.39, 0.29) is 5.91 Å². The number of hydrogen-bond acceptors (Lipinski definition) is 4. The van der Waals surface area contributed by atoms with Gasteiger partial charge in [-0.05, 0) is 31.6 Å². The van der Waals surface area contributed by atoms with Gasteiger partial charge in [0.05, 0.1) is 12.4 Å². The Morgan fingerprint density at radius 3 is 2.70 bits per heavy atom. The maximum atomic E-state index is 12.5. The fraction of sp³-hybridized carbons (Fsp3) is 0.667. The van der Waals surface area contributed by atoms with E-state index in [1.165, 1.54) is 0 Å². The van der Waals surface area contributed by atoms with E-state index in [0.29, 0.717) is 16.9 Å². The van der Waals surface area contributed by atoms with Crippen LogP contribution in [0.1, 0.15) is 50.5 Å². The van der Waals surface area contributed by atoms with Crippen LogP contribution in [0.5, 0.6) is 0 Å². The van der Waals surface area contributed by atoms with E-state index in [2.05, 4.69) is 29.1 Å². The van der Waals surface area contributed by atoms with Crippen molar-refractivity contribution in [2.75, 3.05) is 25.0 Å². The van der Waals surface area contributed by atoms with Crippen LogP contribution in [0, 0.1) is 5.41 Å². The Bertz CT molecular complexity index is 471. The van der Waals surface area contributed by atoms with Gasteiger partial charge in [-0.15, -0.1) is 0 Å². The zero-order chi connectivity index (χ0) is 14.6. The van der Waals surface area contributed by atoms with Crippen molar-refractivity contribution in [3.05, 3.63) is 18.1 Å². The minimum absolute atomic E-state index is 0.000952. The lowest BCUT2D eigenvalue weighted by Gasteiger charge is -2.26. The third-order valence-electron chi connectivity index (χ3n) is 4.44. The predicted molar refractivity (Wildman–Crippen MR) is 79.7 cm³/mol. The third-order valence-corrected chi connectivity index (χ3v) is 4.44. The summed E-state index contributed by atoms with van der Waals surface area (Å²) in [6, 6.07) is 0. The van der Waals surface area contributed by atoms with Crippen LogP contribution in [0.25, 0.3) is 0 Å². The Hall–Kier alpha value is -1.65. The van der Waals surface area contributed by atoms with Gasteiger partial charge < -0.3 is 10.2 Å². The van der Waals surface area contributed by atoms with Gasteiger partial charge in [0.2, 0.25) is 0 Å². The first-order valence-electron chi connectivity index (χ1n) is 7.49. The number of nitrogens with one attached hydrogen (secondary N) is 1. The maximum absolute atomic E-state index is 12.5. The van der Waals surface area contributed by atoms with Gasteiger partial charge >= 0.3 is 0 Å². The van der Waals surface area contributed by atoms with Gasteiger partial charge in [0, 0.05) is 19.6 Å². The summed E-state index contributed by atoms with van der Waals surface area (Å²) in [6.45, 7) is 8.85. The van der Waals surface area contributed by atoms with Crippen LogP contribution in [0.3, 0.4) is 0 Å². The Morgan fingerprint density at radius 2 is 2.10 bits per heavy atom. The number of nitrogens with zero attached hydrogens (tertiary/aromatic N) is 3. The van der Waals surface area contributed by atoms with Gasteiger partial charge in [0.1, 0.15) is 11.5 Å². The summed E-state index contributed by atoms with van der Waals surface area (Å²) >= 11 is 0. The van der Waals surface area contributed by atoms with Gasteiger partial charge in [-0.3, -0.25) is 9.78 Å². The summed E-state index contributed by atoms with van der Waals surface area (Å²) in [4.78, 5) is 22.9. The van der Waals surface area contributed by atoms with Crippen molar-refractivity contribution in [1.29, 1.82) is 0 Å². The number of hydrogen-bond donors (Lipinski definition) is 1. The minimum atomic E-state index is 0.000952. The van der Waals surface area contributed by atoms with Gasteiger partial charge in [-0.2, -0.15) is 0 Å². The fourth-order valence-electron chi connectivity index (χ4n) is 2.83. The van der Waals surface area contributed by atoms with Crippen molar-refractivity contribution in [2.45, 2.75) is 40.0 Å². The standard InChI is InChI=1S/C15H24N4O/c1-4-15(5-2)7-8-19(11-15)14(20)12-9-16-10-13(18-12)17-6-3/h9-10H,4-8,11H2,1-3H3,(H,17,18). The summed E-state index contributed by atoms with van der Waals surface area (Å²) in [5, 5.41) is 3.09. The van der Waals surface area contributed by atoms with Crippen molar-refractivity contribution in [2.24, 2.45) is 5.41 Å². The van der Waals surface area contributed by atoms with Crippen molar-refractivity contribution < 1.29 is 4.79 Å². The van der Waals surface area contributed by atoms with E-state index in [0.717, 1.165) is 38.9 Å². The van der Waals surface area contributed by atoms with Crippen LogP contribution in [-0.2, 0) is 0 Å². The van der Waals surface area contributed by atoms with Crippen LogP contribution < -0.4 is 5.32 Å². The first-order chi connectivity index (χ1) is 9.64. The molecule has 0 unspecified atom stereocenters. The average Bonchev–Trinajstić information content (AvgIpc) is 2.92. The topological polar surface area (TPSA) is 58.1 Å². The van der Waals surface area contributed by atoms with Crippen LogP contribution in [0.15, 0.2) is 12.4 Å². The molecular weight excluding hydrogens is 252 g/mol. The molecule has 0 bridgehead atoms. The fourth-order valence-corrected chi connectivity index (χ4v) is 2.83. The Balaban J connectivity index is 2.10. The lowest BCUT2D eigenvalue weighted by atomic mass is 9.82. The van der Waals surface area contributed by atoms with Gasteiger partial charge in [0.15, 0.2) is 0 Å². The third kappa shape index (κ3) is 2.92. The highest BCUT2D eigenvalue weighted by molar-refractivity contribution is 5.92. The number of aromatic nitrogens is 2. The normalized spacial score (nSPS) is 17.2. The molecule has 1 amide bonds. The second-order valence-corrected chi connectivity index (χ2v) is 5.50. The number of carbonyl (C=O) groups is 1. The number of amides is 1. The van der Waals surface area contributed by atoms with E-state index in [1.54, 1.807) is 12.4 Å². The molecule has 0 aliphatic carbocycles. The molecule has 5 heteroatoms. The van der Waals surface area contributed by atoms with E-state index in [9.17, 15) is 4.79 Å². The molecule has 110 valence electrons. The van der Waals surface area contributed by atoms with Crippen LogP contribution >= 0.6 is 0 Å². The number of likely N-dealkylation sites (tertiary alicyclic amines) is 1. The van der Waals surface area contributed by atoms with Crippen molar-refractivity contribution in [1.82, 2.24) is 14.9 Å². The van der Waals surface area contributed by atoms with Gasteiger partial charge in [-0.1, -0.05) is 13.8 Å². The largest absolute Gasteiger partial charge is 0.369 e. The Kier molecular flexibility index (Phi) is 4.57. The molecule has 0 aromatic carbocycles. The van der Waals surface area contributed by atoms with E-state index in [4.69, 9.17) is 0 Å². The smallest absolute Gasteiger partial charge is 0.274 e. The first kappa shape index (κ1) is 14.8. The second-order valence-electron chi connectivity index (χ2n) is 5.50. The minimum Gasteiger partial charge on any atom is -0.369 e. The van der Waals surface area contributed by atoms with Crippen molar-refractivity contribution in [3.63, 3.8) is 0 Å². The zero-order valence-corrected chi connectivity index (χ0v) is 12.6.